The Morgan fingerprint density at radius 1 is 1.35 bits per heavy atom. The zero-order chi connectivity index (χ0) is 12.0. The van der Waals surface area contributed by atoms with Crippen LogP contribution in [0.3, 0.4) is 0 Å². The van der Waals surface area contributed by atoms with Gasteiger partial charge < -0.3 is 10.3 Å². The van der Waals surface area contributed by atoms with Crippen LogP contribution in [0.1, 0.15) is 4.88 Å². The van der Waals surface area contributed by atoms with E-state index in [0.29, 0.717) is 6.42 Å². The van der Waals surface area contributed by atoms with E-state index in [-0.39, 0.29) is 5.91 Å². The minimum Gasteiger partial charge on any atom is -0.369 e. The van der Waals surface area contributed by atoms with Crippen molar-refractivity contribution in [2.24, 2.45) is 12.8 Å². The molecule has 0 saturated heterocycles. The largest absolute Gasteiger partial charge is 0.369 e. The van der Waals surface area contributed by atoms with Gasteiger partial charge in [-0.15, -0.1) is 11.3 Å². The molecular weight excluding hydrogens is 232 g/mol. The summed E-state index contributed by atoms with van der Waals surface area (Å²) in [6.07, 6.45) is 0.327. The van der Waals surface area contributed by atoms with Gasteiger partial charge in [-0.05, 0) is 12.1 Å². The van der Waals surface area contributed by atoms with Crippen molar-refractivity contribution in [2.75, 3.05) is 0 Å². The molecule has 3 rings (SSSR count). The van der Waals surface area contributed by atoms with Crippen molar-refractivity contribution in [3.05, 3.63) is 35.2 Å². The number of primary amides is 1. The summed E-state index contributed by atoms with van der Waals surface area (Å²) in [5.41, 5.74) is 6.45. The van der Waals surface area contributed by atoms with Crippen LogP contribution in [0.5, 0.6) is 0 Å². The summed E-state index contributed by atoms with van der Waals surface area (Å²) in [6, 6.07) is 10.4. The van der Waals surface area contributed by atoms with E-state index in [1.807, 2.05) is 12.1 Å². The molecule has 4 heteroatoms. The Hall–Kier alpha value is -1.81. The molecule has 2 heterocycles. The number of nitrogens with two attached hydrogens (primary N) is 1. The summed E-state index contributed by atoms with van der Waals surface area (Å²) in [6.45, 7) is 0. The first-order valence-electron chi connectivity index (χ1n) is 5.41. The van der Waals surface area contributed by atoms with Gasteiger partial charge in [0.15, 0.2) is 0 Å². The summed E-state index contributed by atoms with van der Waals surface area (Å²) in [5, 5.41) is 2.45. The van der Waals surface area contributed by atoms with E-state index >= 15 is 0 Å². The molecule has 0 bridgehead atoms. The fraction of sp³-hybridized carbons (Fsp3) is 0.154. The van der Waals surface area contributed by atoms with E-state index in [2.05, 4.69) is 29.8 Å². The first kappa shape index (κ1) is 10.4. The molecule has 17 heavy (non-hydrogen) atoms. The summed E-state index contributed by atoms with van der Waals surface area (Å²) in [5.74, 6) is -0.277. The van der Waals surface area contributed by atoms with Gasteiger partial charge >= 0.3 is 0 Å². The fourth-order valence-corrected chi connectivity index (χ4v) is 3.39. The fourth-order valence-electron chi connectivity index (χ4n) is 2.24. The summed E-state index contributed by atoms with van der Waals surface area (Å²) in [4.78, 5) is 13.2. The zero-order valence-corrected chi connectivity index (χ0v) is 10.3. The van der Waals surface area contributed by atoms with Gasteiger partial charge in [-0.25, -0.2) is 0 Å². The maximum absolute atomic E-state index is 10.9. The van der Waals surface area contributed by atoms with Crippen molar-refractivity contribution >= 4 is 38.4 Å². The highest BCUT2D eigenvalue weighted by Gasteiger charge is 2.12. The third-order valence-corrected chi connectivity index (χ3v) is 4.18. The highest BCUT2D eigenvalue weighted by Crippen LogP contribution is 2.34. The number of carbonyl (C=O) groups excluding carboxylic acids is 1. The molecule has 0 aliphatic carbocycles. The number of rotatable bonds is 2. The molecule has 0 aliphatic rings. The second-order valence-corrected chi connectivity index (χ2v) is 5.27. The van der Waals surface area contributed by atoms with Crippen LogP contribution >= 0.6 is 11.3 Å². The lowest BCUT2D eigenvalue weighted by Gasteiger charge is -1.96. The molecule has 86 valence electrons. The number of para-hydroxylation sites is 1. The molecule has 1 aromatic carbocycles. The van der Waals surface area contributed by atoms with Crippen molar-refractivity contribution < 1.29 is 4.79 Å². The predicted octanol–water partition coefficient (Wildman–Crippen LogP) is 2.42. The Labute approximate surface area is 102 Å². The number of hydrogen-bond donors (Lipinski definition) is 1. The molecule has 0 spiro atoms. The molecule has 1 amide bonds. The lowest BCUT2D eigenvalue weighted by atomic mass is 10.2. The Morgan fingerprint density at radius 3 is 2.88 bits per heavy atom. The topological polar surface area (TPSA) is 48.0 Å². The number of fused-ring (bicyclic) bond motifs is 3. The molecule has 0 saturated carbocycles. The summed E-state index contributed by atoms with van der Waals surface area (Å²) >= 11 is 1.64. The Kier molecular flexibility index (Phi) is 2.19. The number of carbonyl (C=O) groups is 1. The Bertz CT molecular complexity index is 724. The van der Waals surface area contributed by atoms with Gasteiger partial charge in [0.1, 0.15) is 4.83 Å². The number of thiophene rings is 1. The van der Waals surface area contributed by atoms with Gasteiger partial charge in [-0.3, -0.25) is 4.79 Å². The van der Waals surface area contributed by atoms with E-state index < -0.39 is 0 Å². The second-order valence-electron chi connectivity index (χ2n) is 4.15. The van der Waals surface area contributed by atoms with Gasteiger partial charge in [0.25, 0.3) is 0 Å². The molecule has 0 atom stereocenters. The first-order valence-corrected chi connectivity index (χ1v) is 6.22. The van der Waals surface area contributed by atoms with E-state index in [4.69, 9.17) is 5.73 Å². The van der Waals surface area contributed by atoms with Crippen molar-refractivity contribution in [1.82, 2.24) is 4.57 Å². The van der Waals surface area contributed by atoms with Gasteiger partial charge in [0.2, 0.25) is 5.91 Å². The number of amides is 1. The summed E-state index contributed by atoms with van der Waals surface area (Å²) in [7, 11) is 2.05. The molecule has 3 aromatic rings. The third kappa shape index (κ3) is 1.52. The number of hydrogen-bond acceptors (Lipinski definition) is 2. The van der Waals surface area contributed by atoms with Crippen LogP contribution in [-0.4, -0.2) is 10.5 Å². The minimum absolute atomic E-state index is 0.277. The van der Waals surface area contributed by atoms with Gasteiger partial charge in [-0.1, -0.05) is 18.2 Å². The number of benzene rings is 1. The molecule has 0 aliphatic heterocycles. The normalized spacial score (nSPS) is 11.4. The van der Waals surface area contributed by atoms with Crippen molar-refractivity contribution in [1.29, 1.82) is 0 Å². The van der Waals surface area contributed by atoms with Crippen LogP contribution in [0.15, 0.2) is 30.3 Å². The maximum Gasteiger partial charge on any atom is 0.222 e. The summed E-state index contributed by atoms with van der Waals surface area (Å²) < 4.78 is 2.17. The molecule has 0 fully saturated rings. The number of aryl methyl sites for hydroxylation is 1. The SMILES string of the molecule is Cn1c2ccccc2c2cc(CC(N)=O)sc21. The van der Waals surface area contributed by atoms with E-state index in [1.54, 1.807) is 11.3 Å². The van der Waals surface area contributed by atoms with Crippen molar-refractivity contribution in [3.63, 3.8) is 0 Å². The van der Waals surface area contributed by atoms with E-state index in [0.717, 1.165) is 4.88 Å². The predicted molar refractivity (Wildman–Crippen MR) is 71.2 cm³/mol. The van der Waals surface area contributed by atoms with Crippen LogP contribution in [0.2, 0.25) is 0 Å². The number of nitrogens with zero attached hydrogens (tertiary/aromatic N) is 1. The van der Waals surface area contributed by atoms with Crippen LogP contribution < -0.4 is 5.73 Å². The quantitative estimate of drug-likeness (QED) is 0.739. The first-order chi connectivity index (χ1) is 8.16. The second kappa shape index (κ2) is 3.60. The molecule has 0 unspecified atom stereocenters. The van der Waals surface area contributed by atoms with Crippen molar-refractivity contribution in [3.8, 4) is 0 Å². The number of aromatic nitrogens is 1. The Balaban J connectivity index is 2.30. The molecule has 2 aromatic heterocycles. The third-order valence-electron chi connectivity index (χ3n) is 2.97. The highest BCUT2D eigenvalue weighted by molar-refractivity contribution is 7.19. The van der Waals surface area contributed by atoms with Crippen LogP contribution in [0.25, 0.3) is 21.1 Å². The van der Waals surface area contributed by atoms with E-state index in [9.17, 15) is 4.79 Å². The van der Waals surface area contributed by atoms with Crippen LogP contribution in [0, 0.1) is 0 Å². The Morgan fingerprint density at radius 2 is 2.12 bits per heavy atom. The average molecular weight is 244 g/mol. The van der Waals surface area contributed by atoms with Gasteiger partial charge in [0, 0.05) is 28.2 Å². The van der Waals surface area contributed by atoms with E-state index in [1.165, 1.54) is 21.1 Å². The average Bonchev–Trinajstić information content (AvgIpc) is 2.80. The lowest BCUT2D eigenvalue weighted by Crippen LogP contribution is -2.12. The smallest absolute Gasteiger partial charge is 0.222 e. The molecule has 2 N–H and O–H groups in total. The monoisotopic (exact) mass is 244 g/mol. The van der Waals surface area contributed by atoms with Gasteiger partial charge in [-0.2, -0.15) is 0 Å². The lowest BCUT2D eigenvalue weighted by molar-refractivity contribution is -0.117. The standard InChI is InChI=1S/C13H12N2OS/c1-15-11-5-3-2-4-9(11)10-6-8(7-12(14)16)17-13(10)15/h2-6H,7H2,1H3,(H2,14,16). The van der Waals surface area contributed by atoms with Crippen molar-refractivity contribution in [2.45, 2.75) is 6.42 Å². The molecular formula is C13H12N2OS. The van der Waals surface area contributed by atoms with Crippen LogP contribution in [0.4, 0.5) is 0 Å². The zero-order valence-electron chi connectivity index (χ0n) is 9.43. The minimum atomic E-state index is -0.277. The molecule has 3 nitrogen and oxygen atoms in total. The van der Waals surface area contributed by atoms with Gasteiger partial charge in [0.05, 0.1) is 6.42 Å². The highest BCUT2D eigenvalue weighted by atomic mass is 32.1. The molecule has 0 radical (unpaired) electrons. The van der Waals surface area contributed by atoms with Crippen LogP contribution in [-0.2, 0) is 18.3 Å². The maximum atomic E-state index is 10.9.